The van der Waals surface area contributed by atoms with Crippen molar-refractivity contribution >= 4 is 28.3 Å². The van der Waals surface area contributed by atoms with Gasteiger partial charge in [-0.05, 0) is 37.3 Å². The van der Waals surface area contributed by atoms with Gasteiger partial charge in [-0.3, -0.25) is 4.79 Å². The van der Waals surface area contributed by atoms with Gasteiger partial charge < -0.3 is 9.84 Å². The van der Waals surface area contributed by atoms with Crippen LogP contribution in [-0.4, -0.2) is 22.1 Å². The van der Waals surface area contributed by atoms with Crippen LogP contribution in [0.5, 0.6) is 0 Å². The van der Waals surface area contributed by atoms with Gasteiger partial charge in [0.25, 0.3) is 11.6 Å². The molecule has 5 nitrogen and oxygen atoms in total. The molecule has 1 saturated carbocycles. The molecule has 3 aromatic heterocycles. The minimum absolute atomic E-state index is 0.0750. The van der Waals surface area contributed by atoms with Crippen molar-refractivity contribution < 1.29 is 9.32 Å². The number of hydrogen-bond acceptors (Lipinski definition) is 5. The second-order valence-corrected chi connectivity index (χ2v) is 6.18. The number of aromatic nitrogens is 2. The molecule has 1 aliphatic carbocycles. The highest BCUT2D eigenvalue weighted by Crippen LogP contribution is 2.30. The molecule has 0 radical (unpaired) electrons. The number of hydrogen-bond donors (Lipinski definition) is 1. The summed E-state index contributed by atoms with van der Waals surface area (Å²) < 4.78 is 5.26. The Morgan fingerprint density at radius 2 is 2.33 bits per heavy atom. The monoisotopic (exact) mass is 299 g/mol. The molecule has 0 unspecified atom stereocenters. The summed E-state index contributed by atoms with van der Waals surface area (Å²) in [6.45, 7) is 1.83. The molecule has 6 heteroatoms. The minimum atomic E-state index is -0.0750. The average Bonchev–Trinajstić information content (AvgIpc) is 3.00. The summed E-state index contributed by atoms with van der Waals surface area (Å²) in [5, 5.41) is 9.65. The van der Waals surface area contributed by atoms with E-state index in [9.17, 15) is 4.79 Å². The molecule has 3 aromatic rings. The van der Waals surface area contributed by atoms with Crippen LogP contribution in [0.25, 0.3) is 21.7 Å². The molecule has 1 N–H and O–H groups in total. The largest absolute Gasteiger partial charge is 0.349 e. The van der Waals surface area contributed by atoms with Crippen LogP contribution >= 0.6 is 11.3 Å². The van der Waals surface area contributed by atoms with E-state index in [2.05, 4.69) is 15.5 Å². The maximum Gasteiger partial charge on any atom is 0.259 e. The average molecular weight is 299 g/mol. The van der Waals surface area contributed by atoms with E-state index in [1.165, 1.54) is 0 Å². The van der Waals surface area contributed by atoms with E-state index in [0.717, 1.165) is 23.4 Å². The summed E-state index contributed by atoms with van der Waals surface area (Å²) in [6.07, 6.45) is 2.11. The summed E-state index contributed by atoms with van der Waals surface area (Å²) in [6, 6.07) is 6.08. The lowest BCUT2D eigenvalue weighted by molar-refractivity contribution is 0.0952. The third-order valence-corrected chi connectivity index (χ3v) is 4.44. The Kier molecular flexibility index (Phi) is 2.78. The van der Waals surface area contributed by atoms with E-state index < -0.39 is 0 Å². The molecule has 1 amide bonds. The SMILES string of the molecule is Cc1noc2nc(-c3cccs3)cc(C(=O)NC3CC3)c12. The van der Waals surface area contributed by atoms with Crippen molar-refractivity contribution in [3.8, 4) is 10.6 Å². The summed E-state index contributed by atoms with van der Waals surface area (Å²) in [7, 11) is 0. The van der Waals surface area contributed by atoms with E-state index in [4.69, 9.17) is 4.52 Å². The second kappa shape index (κ2) is 4.66. The molecule has 21 heavy (non-hydrogen) atoms. The first kappa shape index (κ1) is 12.5. The molecule has 0 saturated heterocycles. The zero-order chi connectivity index (χ0) is 14.4. The van der Waals surface area contributed by atoms with Gasteiger partial charge in [0.1, 0.15) is 0 Å². The number of rotatable bonds is 3. The topological polar surface area (TPSA) is 68.0 Å². The van der Waals surface area contributed by atoms with Crippen LogP contribution in [0.2, 0.25) is 0 Å². The van der Waals surface area contributed by atoms with E-state index >= 15 is 0 Å². The van der Waals surface area contributed by atoms with E-state index in [-0.39, 0.29) is 5.91 Å². The number of nitrogens with one attached hydrogen (secondary N) is 1. The molecule has 4 rings (SSSR count). The van der Waals surface area contributed by atoms with Crippen LogP contribution in [0.1, 0.15) is 28.9 Å². The van der Waals surface area contributed by atoms with Crippen molar-refractivity contribution in [3.05, 3.63) is 34.8 Å². The van der Waals surface area contributed by atoms with Gasteiger partial charge in [-0.25, -0.2) is 4.98 Å². The lowest BCUT2D eigenvalue weighted by Gasteiger charge is -2.06. The standard InChI is InChI=1S/C15H13N3O2S/c1-8-13-10(14(19)16-9-4-5-9)7-11(12-3-2-6-21-12)17-15(13)20-18-8/h2-3,6-7,9H,4-5H2,1H3,(H,16,19). The van der Waals surface area contributed by atoms with E-state index in [1.54, 1.807) is 11.3 Å². The molecule has 1 aliphatic rings. The predicted octanol–water partition coefficient (Wildman–Crippen LogP) is 3.15. The number of pyridine rings is 1. The normalized spacial score (nSPS) is 14.5. The van der Waals surface area contributed by atoms with Crippen LogP contribution in [0.4, 0.5) is 0 Å². The second-order valence-electron chi connectivity index (χ2n) is 5.23. The van der Waals surface area contributed by atoms with Crippen molar-refractivity contribution in [3.63, 3.8) is 0 Å². The van der Waals surface area contributed by atoms with Gasteiger partial charge in [0.15, 0.2) is 0 Å². The quantitative estimate of drug-likeness (QED) is 0.806. The number of aryl methyl sites for hydroxylation is 1. The van der Waals surface area contributed by atoms with Crippen LogP contribution < -0.4 is 5.32 Å². The molecular formula is C15H13N3O2S. The Morgan fingerprint density at radius 1 is 1.48 bits per heavy atom. The van der Waals surface area contributed by atoms with Crippen LogP contribution in [0.15, 0.2) is 28.1 Å². The summed E-state index contributed by atoms with van der Waals surface area (Å²) >= 11 is 1.58. The van der Waals surface area contributed by atoms with Gasteiger partial charge in [-0.2, -0.15) is 0 Å². The van der Waals surface area contributed by atoms with Crippen LogP contribution in [-0.2, 0) is 0 Å². The Labute approximate surface area is 125 Å². The maximum absolute atomic E-state index is 12.5. The molecule has 0 bridgehead atoms. The fraction of sp³-hybridized carbons (Fsp3) is 0.267. The molecular weight excluding hydrogens is 286 g/mol. The van der Waals surface area contributed by atoms with Gasteiger partial charge in [0.2, 0.25) is 0 Å². The third kappa shape index (κ3) is 2.21. The number of fused-ring (bicyclic) bond motifs is 1. The van der Waals surface area contributed by atoms with Gasteiger partial charge in [-0.1, -0.05) is 11.2 Å². The van der Waals surface area contributed by atoms with Gasteiger partial charge >= 0.3 is 0 Å². The Morgan fingerprint density at radius 3 is 3.05 bits per heavy atom. The molecule has 1 fully saturated rings. The zero-order valence-corrected chi connectivity index (χ0v) is 12.2. The maximum atomic E-state index is 12.5. The van der Waals surface area contributed by atoms with Crippen LogP contribution in [0.3, 0.4) is 0 Å². The third-order valence-electron chi connectivity index (χ3n) is 3.55. The lowest BCUT2D eigenvalue weighted by Crippen LogP contribution is -2.25. The number of nitrogens with zero attached hydrogens (tertiary/aromatic N) is 2. The number of carbonyl (C=O) groups excluding carboxylic acids is 1. The lowest BCUT2D eigenvalue weighted by atomic mass is 10.1. The first-order valence-corrected chi connectivity index (χ1v) is 7.72. The predicted molar refractivity (Wildman–Crippen MR) is 80.3 cm³/mol. The van der Waals surface area contributed by atoms with Crippen LogP contribution in [0, 0.1) is 6.92 Å². The summed E-state index contributed by atoms with van der Waals surface area (Å²) in [5.41, 5.74) is 2.44. The Balaban J connectivity index is 1.88. The van der Waals surface area contributed by atoms with Crippen molar-refractivity contribution in [2.75, 3.05) is 0 Å². The molecule has 3 heterocycles. The number of thiophene rings is 1. The molecule has 0 aliphatic heterocycles. The fourth-order valence-electron chi connectivity index (χ4n) is 2.32. The first-order valence-electron chi connectivity index (χ1n) is 6.84. The zero-order valence-electron chi connectivity index (χ0n) is 11.4. The minimum Gasteiger partial charge on any atom is -0.349 e. The highest BCUT2D eigenvalue weighted by Gasteiger charge is 2.26. The van der Waals surface area contributed by atoms with Crippen molar-refractivity contribution in [2.45, 2.75) is 25.8 Å². The Hall–Kier alpha value is -2.21. The smallest absolute Gasteiger partial charge is 0.259 e. The van der Waals surface area contributed by atoms with E-state index in [0.29, 0.717) is 28.4 Å². The summed E-state index contributed by atoms with van der Waals surface area (Å²) in [5.74, 6) is -0.0750. The van der Waals surface area contributed by atoms with Gasteiger partial charge in [0.05, 0.1) is 27.2 Å². The van der Waals surface area contributed by atoms with Gasteiger partial charge in [-0.15, -0.1) is 11.3 Å². The molecule has 0 aromatic carbocycles. The van der Waals surface area contributed by atoms with E-state index in [1.807, 2.05) is 30.5 Å². The van der Waals surface area contributed by atoms with Crippen molar-refractivity contribution in [2.24, 2.45) is 0 Å². The van der Waals surface area contributed by atoms with Crippen molar-refractivity contribution in [1.29, 1.82) is 0 Å². The Bertz CT molecular complexity index is 819. The first-order chi connectivity index (χ1) is 10.2. The number of amides is 1. The summed E-state index contributed by atoms with van der Waals surface area (Å²) in [4.78, 5) is 18.0. The highest BCUT2D eigenvalue weighted by atomic mass is 32.1. The van der Waals surface area contributed by atoms with Gasteiger partial charge in [0, 0.05) is 6.04 Å². The molecule has 106 valence electrons. The molecule has 0 atom stereocenters. The molecule has 0 spiro atoms. The number of carbonyl (C=O) groups is 1. The highest BCUT2D eigenvalue weighted by molar-refractivity contribution is 7.13. The van der Waals surface area contributed by atoms with Crippen molar-refractivity contribution in [1.82, 2.24) is 15.5 Å². The fourth-order valence-corrected chi connectivity index (χ4v) is 3.00.